The van der Waals surface area contributed by atoms with E-state index in [0.717, 1.165) is 29.6 Å². The number of fused-ring (bicyclic) bond motifs is 1. The van der Waals surface area contributed by atoms with Gasteiger partial charge in [-0.1, -0.05) is 38.8 Å². The third-order valence-electron chi connectivity index (χ3n) is 3.07. The minimum absolute atomic E-state index is 0.320. The molecule has 0 aliphatic rings. The highest BCUT2D eigenvalue weighted by Gasteiger charge is 2.17. The number of rotatable bonds is 5. The van der Waals surface area contributed by atoms with Crippen molar-refractivity contribution in [2.45, 2.75) is 46.2 Å². The van der Waals surface area contributed by atoms with E-state index in [1.165, 1.54) is 12.1 Å². The maximum absolute atomic E-state index is 13.5. The summed E-state index contributed by atoms with van der Waals surface area (Å²) in [6.45, 7) is 6.89. The van der Waals surface area contributed by atoms with Gasteiger partial charge in [0.25, 0.3) is 0 Å². The van der Waals surface area contributed by atoms with Crippen LogP contribution in [0.2, 0.25) is 5.02 Å². The average molecular weight is 284 g/mol. The molecule has 0 spiro atoms. The Morgan fingerprint density at radius 2 is 2.11 bits per heavy atom. The number of hydrogen-bond donors (Lipinski definition) is 1. The molecule has 2 rings (SSSR count). The zero-order valence-corrected chi connectivity index (χ0v) is 12.3. The van der Waals surface area contributed by atoms with E-state index in [0.29, 0.717) is 23.2 Å². The van der Waals surface area contributed by atoms with E-state index >= 15 is 0 Å². The number of nitrogens with one attached hydrogen (secondary N) is 1. The molecular formula is C15H19ClFNO. The predicted molar refractivity (Wildman–Crippen MR) is 77.2 cm³/mol. The van der Waals surface area contributed by atoms with Crippen molar-refractivity contribution in [2.24, 2.45) is 0 Å². The number of halogens is 2. The second kappa shape index (κ2) is 5.93. The molecule has 1 N–H and O–H groups in total. The Bertz CT molecular complexity index is 577. The fourth-order valence-electron chi connectivity index (χ4n) is 2.19. The van der Waals surface area contributed by atoms with E-state index < -0.39 is 0 Å². The topological polar surface area (TPSA) is 25.2 Å². The lowest BCUT2D eigenvalue weighted by molar-refractivity contribution is 0.482. The fraction of sp³-hybridized carbons (Fsp3) is 0.467. The summed E-state index contributed by atoms with van der Waals surface area (Å²) in [5.41, 5.74) is 1.65. The Morgan fingerprint density at radius 1 is 1.37 bits per heavy atom. The van der Waals surface area contributed by atoms with Crippen LogP contribution < -0.4 is 5.32 Å². The van der Waals surface area contributed by atoms with Crippen LogP contribution in [0.5, 0.6) is 0 Å². The minimum Gasteiger partial charge on any atom is -0.458 e. The van der Waals surface area contributed by atoms with Crippen LogP contribution in [0.15, 0.2) is 16.5 Å². The van der Waals surface area contributed by atoms with Crippen molar-refractivity contribution >= 4 is 22.6 Å². The summed E-state index contributed by atoms with van der Waals surface area (Å²) in [6, 6.07) is 3.17. The van der Waals surface area contributed by atoms with E-state index in [-0.39, 0.29) is 5.82 Å². The molecule has 19 heavy (non-hydrogen) atoms. The predicted octanol–water partition coefficient (Wildman–Crippen LogP) is 4.68. The van der Waals surface area contributed by atoms with Gasteiger partial charge in [-0.3, -0.25) is 0 Å². The van der Waals surface area contributed by atoms with Gasteiger partial charge in [-0.2, -0.15) is 0 Å². The van der Waals surface area contributed by atoms with Gasteiger partial charge in [-0.15, -0.1) is 0 Å². The number of benzene rings is 1. The smallest absolute Gasteiger partial charge is 0.153 e. The monoisotopic (exact) mass is 283 g/mol. The molecule has 0 atom stereocenters. The van der Waals surface area contributed by atoms with E-state index in [1.807, 2.05) is 0 Å². The SMILES string of the molecule is CCCc1c(CNC(C)C)oc2c(Cl)cc(F)cc12. The van der Waals surface area contributed by atoms with Gasteiger partial charge in [0.05, 0.1) is 11.6 Å². The van der Waals surface area contributed by atoms with Gasteiger partial charge in [-0.05, 0) is 18.6 Å². The lowest BCUT2D eigenvalue weighted by Gasteiger charge is -2.07. The lowest BCUT2D eigenvalue weighted by Crippen LogP contribution is -2.22. The molecule has 4 heteroatoms. The highest BCUT2D eigenvalue weighted by Crippen LogP contribution is 2.33. The van der Waals surface area contributed by atoms with Gasteiger partial charge in [0.15, 0.2) is 5.58 Å². The van der Waals surface area contributed by atoms with Crippen LogP contribution in [-0.2, 0) is 13.0 Å². The van der Waals surface area contributed by atoms with Crippen molar-refractivity contribution in [3.8, 4) is 0 Å². The van der Waals surface area contributed by atoms with Gasteiger partial charge >= 0.3 is 0 Å². The Kier molecular flexibility index (Phi) is 4.48. The zero-order chi connectivity index (χ0) is 14.0. The summed E-state index contributed by atoms with van der Waals surface area (Å²) >= 11 is 6.06. The van der Waals surface area contributed by atoms with E-state index in [2.05, 4.69) is 26.1 Å². The number of aryl methyl sites for hydroxylation is 1. The van der Waals surface area contributed by atoms with E-state index in [1.54, 1.807) is 0 Å². The fourth-order valence-corrected chi connectivity index (χ4v) is 2.43. The Hall–Kier alpha value is -1.06. The van der Waals surface area contributed by atoms with Crippen LogP contribution in [0.4, 0.5) is 4.39 Å². The van der Waals surface area contributed by atoms with Gasteiger partial charge in [0.1, 0.15) is 11.6 Å². The largest absolute Gasteiger partial charge is 0.458 e. The van der Waals surface area contributed by atoms with Crippen molar-refractivity contribution in [2.75, 3.05) is 0 Å². The molecule has 0 radical (unpaired) electrons. The molecule has 1 heterocycles. The summed E-state index contributed by atoms with van der Waals surface area (Å²) in [5.74, 6) is 0.539. The van der Waals surface area contributed by atoms with E-state index in [9.17, 15) is 4.39 Å². The molecule has 0 saturated carbocycles. The molecule has 0 aliphatic carbocycles. The first-order valence-corrected chi connectivity index (χ1v) is 7.03. The molecule has 2 nitrogen and oxygen atoms in total. The maximum Gasteiger partial charge on any atom is 0.153 e. The molecule has 0 aliphatic heterocycles. The highest BCUT2D eigenvalue weighted by molar-refractivity contribution is 6.34. The average Bonchev–Trinajstić information content (AvgIpc) is 2.66. The first kappa shape index (κ1) is 14.4. The van der Waals surface area contributed by atoms with Crippen LogP contribution in [0.25, 0.3) is 11.0 Å². The van der Waals surface area contributed by atoms with Gasteiger partial charge in [0, 0.05) is 17.0 Å². The second-order valence-corrected chi connectivity index (χ2v) is 5.46. The molecule has 0 saturated heterocycles. The quantitative estimate of drug-likeness (QED) is 0.862. The molecule has 104 valence electrons. The lowest BCUT2D eigenvalue weighted by atomic mass is 10.1. The second-order valence-electron chi connectivity index (χ2n) is 5.05. The van der Waals surface area contributed by atoms with Crippen LogP contribution in [0.1, 0.15) is 38.5 Å². The summed E-state index contributed by atoms with van der Waals surface area (Å²) in [5, 5.41) is 4.46. The number of furan rings is 1. The summed E-state index contributed by atoms with van der Waals surface area (Å²) < 4.78 is 19.3. The Balaban J connectivity index is 2.50. The van der Waals surface area contributed by atoms with Crippen molar-refractivity contribution in [3.05, 3.63) is 34.3 Å². The standard InChI is InChI=1S/C15H19ClFNO/c1-4-5-11-12-6-10(17)7-13(16)15(12)19-14(11)8-18-9(2)3/h6-7,9,18H,4-5,8H2,1-3H3. The number of hydrogen-bond acceptors (Lipinski definition) is 2. The molecule has 1 aromatic heterocycles. The first-order valence-electron chi connectivity index (χ1n) is 6.65. The van der Waals surface area contributed by atoms with Crippen LogP contribution in [0.3, 0.4) is 0 Å². The molecule has 1 aromatic carbocycles. The van der Waals surface area contributed by atoms with Gasteiger partial charge in [-0.25, -0.2) is 4.39 Å². The van der Waals surface area contributed by atoms with Crippen molar-refractivity contribution < 1.29 is 8.81 Å². The Morgan fingerprint density at radius 3 is 2.74 bits per heavy atom. The summed E-state index contributed by atoms with van der Waals surface area (Å²) in [6.07, 6.45) is 1.85. The third kappa shape index (κ3) is 3.10. The summed E-state index contributed by atoms with van der Waals surface area (Å²) in [7, 11) is 0. The minimum atomic E-state index is -0.320. The van der Waals surface area contributed by atoms with Crippen LogP contribution >= 0.6 is 11.6 Å². The normalized spacial score (nSPS) is 11.7. The molecule has 0 amide bonds. The van der Waals surface area contributed by atoms with Crippen molar-refractivity contribution in [3.63, 3.8) is 0 Å². The van der Waals surface area contributed by atoms with Crippen molar-refractivity contribution in [1.29, 1.82) is 0 Å². The van der Waals surface area contributed by atoms with E-state index in [4.69, 9.17) is 16.0 Å². The highest BCUT2D eigenvalue weighted by atomic mass is 35.5. The zero-order valence-electron chi connectivity index (χ0n) is 11.5. The molecule has 2 aromatic rings. The molecule has 0 fully saturated rings. The first-order chi connectivity index (χ1) is 9.02. The third-order valence-corrected chi connectivity index (χ3v) is 3.35. The molecular weight excluding hydrogens is 265 g/mol. The summed E-state index contributed by atoms with van der Waals surface area (Å²) in [4.78, 5) is 0. The maximum atomic E-state index is 13.5. The van der Waals surface area contributed by atoms with Crippen LogP contribution in [-0.4, -0.2) is 6.04 Å². The van der Waals surface area contributed by atoms with Crippen molar-refractivity contribution in [1.82, 2.24) is 5.32 Å². The van der Waals surface area contributed by atoms with Gasteiger partial charge in [0.2, 0.25) is 0 Å². The van der Waals surface area contributed by atoms with Gasteiger partial charge < -0.3 is 9.73 Å². The molecule has 0 bridgehead atoms. The van der Waals surface area contributed by atoms with Crippen LogP contribution in [0, 0.1) is 5.82 Å². The molecule has 0 unspecified atom stereocenters. The Labute approximate surface area is 117 Å².